The van der Waals surface area contributed by atoms with Gasteiger partial charge in [0.1, 0.15) is 6.54 Å². The lowest BCUT2D eigenvalue weighted by Crippen LogP contribution is -3.17. The molecule has 0 amide bonds. The molecule has 0 aromatic heterocycles. The number of aliphatic carboxylic acids is 1. The van der Waals surface area contributed by atoms with E-state index in [2.05, 4.69) is 17.7 Å². The first-order chi connectivity index (χ1) is 6.09. The van der Waals surface area contributed by atoms with Gasteiger partial charge in [-0.2, -0.15) is 0 Å². The molecular formula is C8H19Cl2N3O2. The van der Waals surface area contributed by atoms with Crippen molar-refractivity contribution in [3.8, 4) is 0 Å². The fourth-order valence-electron chi connectivity index (χ4n) is 1.57. The Hall–Kier alpha value is -0.0700. The van der Waals surface area contributed by atoms with Crippen LogP contribution in [0.15, 0.2) is 0 Å². The zero-order valence-corrected chi connectivity index (χ0v) is 10.4. The number of hydrogen-bond donors (Lipinski definition) is 3. The molecule has 0 aromatic rings. The molecule has 1 fully saturated rings. The molecule has 1 atom stereocenters. The second kappa shape index (κ2) is 8.13. The van der Waals surface area contributed by atoms with Crippen molar-refractivity contribution in [1.82, 2.24) is 4.90 Å². The highest BCUT2D eigenvalue weighted by atomic mass is 35.5. The van der Waals surface area contributed by atoms with Crippen LogP contribution in [-0.2, 0) is 4.79 Å². The Morgan fingerprint density at radius 3 is 2.33 bits per heavy atom. The molecule has 1 saturated heterocycles. The van der Waals surface area contributed by atoms with Crippen LogP contribution in [0.2, 0.25) is 0 Å². The third-order valence-electron chi connectivity index (χ3n) is 2.58. The first kappa shape index (κ1) is 17.3. The SMILES string of the molecule is CN1CC[NH+](CC([NH3+])C(=O)O)CC1.[Cl-].[Cl-]. The minimum absolute atomic E-state index is 0. The summed E-state index contributed by atoms with van der Waals surface area (Å²) in [6.45, 7) is 4.85. The van der Waals surface area contributed by atoms with Crippen molar-refractivity contribution >= 4 is 5.97 Å². The Labute approximate surface area is 102 Å². The first-order valence-corrected chi connectivity index (χ1v) is 4.67. The molecule has 92 valence electrons. The Kier molecular flexibility index (Phi) is 9.39. The van der Waals surface area contributed by atoms with E-state index in [0.717, 1.165) is 26.2 Å². The number of likely N-dealkylation sites (N-methyl/N-ethyl adjacent to an activating group) is 1. The molecule has 5 N–H and O–H groups in total. The van der Waals surface area contributed by atoms with Gasteiger partial charge in [0.2, 0.25) is 6.04 Å². The quantitative estimate of drug-likeness (QED) is 0.472. The van der Waals surface area contributed by atoms with Gasteiger partial charge in [0.05, 0.1) is 13.1 Å². The average molecular weight is 260 g/mol. The lowest BCUT2D eigenvalue weighted by Gasteiger charge is -2.29. The maximum atomic E-state index is 10.6. The van der Waals surface area contributed by atoms with E-state index >= 15 is 0 Å². The number of nitrogens with zero attached hydrogens (tertiary/aromatic N) is 1. The summed E-state index contributed by atoms with van der Waals surface area (Å²) in [5.41, 5.74) is 3.62. The van der Waals surface area contributed by atoms with Crippen LogP contribution in [0.25, 0.3) is 0 Å². The molecule has 7 heteroatoms. The van der Waals surface area contributed by atoms with Crippen molar-refractivity contribution in [1.29, 1.82) is 0 Å². The van der Waals surface area contributed by atoms with E-state index in [0.29, 0.717) is 6.54 Å². The Morgan fingerprint density at radius 1 is 1.47 bits per heavy atom. The molecule has 0 radical (unpaired) electrons. The summed E-state index contributed by atoms with van der Waals surface area (Å²) in [4.78, 5) is 14.2. The summed E-state index contributed by atoms with van der Waals surface area (Å²) in [5.74, 6) is -0.786. The normalized spacial score (nSPS) is 19.9. The fourth-order valence-corrected chi connectivity index (χ4v) is 1.57. The van der Waals surface area contributed by atoms with Crippen molar-refractivity contribution < 1.29 is 45.3 Å². The van der Waals surface area contributed by atoms with E-state index < -0.39 is 12.0 Å². The van der Waals surface area contributed by atoms with Crippen LogP contribution in [0.3, 0.4) is 0 Å². The number of quaternary nitrogens is 2. The molecule has 1 aliphatic heterocycles. The molecule has 1 rings (SSSR count). The van der Waals surface area contributed by atoms with Crippen LogP contribution in [0.4, 0.5) is 0 Å². The van der Waals surface area contributed by atoms with E-state index in [1.807, 2.05) is 0 Å². The third kappa shape index (κ3) is 6.17. The molecule has 1 heterocycles. The van der Waals surface area contributed by atoms with Crippen LogP contribution >= 0.6 is 0 Å². The molecule has 0 saturated carbocycles. The van der Waals surface area contributed by atoms with E-state index in [1.54, 1.807) is 0 Å². The third-order valence-corrected chi connectivity index (χ3v) is 2.58. The van der Waals surface area contributed by atoms with Crippen molar-refractivity contribution in [2.45, 2.75) is 6.04 Å². The summed E-state index contributed by atoms with van der Waals surface area (Å²) < 4.78 is 0. The number of nitrogens with one attached hydrogen (secondary N) is 1. The highest BCUT2D eigenvalue weighted by molar-refractivity contribution is 5.71. The van der Waals surface area contributed by atoms with E-state index in [1.165, 1.54) is 4.90 Å². The largest absolute Gasteiger partial charge is 1.00 e. The van der Waals surface area contributed by atoms with Gasteiger partial charge in [-0.3, -0.25) is 4.90 Å². The number of halogens is 2. The first-order valence-electron chi connectivity index (χ1n) is 4.67. The van der Waals surface area contributed by atoms with Crippen molar-refractivity contribution in [3.05, 3.63) is 0 Å². The predicted molar refractivity (Wildman–Crippen MR) is 47.4 cm³/mol. The van der Waals surface area contributed by atoms with Crippen LogP contribution < -0.4 is 35.4 Å². The molecule has 5 nitrogen and oxygen atoms in total. The molecule has 0 aliphatic carbocycles. The molecule has 1 unspecified atom stereocenters. The van der Waals surface area contributed by atoms with Gasteiger partial charge in [0.25, 0.3) is 0 Å². The number of piperazine rings is 1. The topological polar surface area (TPSA) is 72.6 Å². The Morgan fingerprint density at radius 2 is 1.93 bits per heavy atom. The van der Waals surface area contributed by atoms with Gasteiger partial charge < -0.3 is 40.6 Å². The van der Waals surface area contributed by atoms with Crippen LogP contribution in [0.1, 0.15) is 0 Å². The van der Waals surface area contributed by atoms with Gasteiger partial charge >= 0.3 is 5.97 Å². The van der Waals surface area contributed by atoms with Crippen LogP contribution in [0.5, 0.6) is 0 Å². The maximum absolute atomic E-state index is 10.6. The smallest absolute Gasteiger partial charge is 0.368 e. The molecular weight excluding hydrogens is 241 g/mol. The second-order valence-electron chi connectivity index (χ2n) is 3.79. The molecule has 15 heavy (non-hydrogen) atoms. The zero-order valence-electron chi connectivity index (χ0n) is 8.88. The van der Waals surface area contributed by atoms with Crippen LogP contribution in [-0.4, -0.2) is 61.8 Å². The predicted octanol–water partition coefficient (Wildman–Crippen LogP) is -9.48. The summed E-state index contributed by atoms with van der Waals surface area (Å²) in [6.07, 6.45) is 0. The fraction of sp³-hybridized carbons (Fsp3) is 0.875. The van der Waals surface area contributed by atoms with Crippen molar-refractivity contribution in [3.63, 3.8) is 0 Å². The summed E-state index contributed by atoms with van der Waals surface area (Å²) >= 11 is 0. The average Bonchev–Trinajstić information content (AvgIpc) is 2.08. The summed E-state index contributed by atoms with van der Waals surface area (Å²) in [7, 11) is 2.09. The summed E-state index contributed by atoms with van der Waals surface area (Å²) in [5, 5.41) is 8.68. The van der Waals surface area contributed by atoms with Gasteiger partial charge in [0.15, 0.2) is 0 Å². The number of carboxylic acids is 1. The van der Waals surface area contributed by atoms with Crippen LogP contribution in [0, 0.1) is 0 Å². The zero-order chi connectivity index (χ0) is 9.84. The van der Waals surface area contributed by atoms with Gasteiger partial charge in [-0.25, -0.2) is 4.79 Å². The standard InChI is InChI=1S/C8H17N3O2.2ClH/c1-10-2-4-11(5-3-10)6-7(9)8(12)13;;/h7H,2-6,9H2,1H3,(H,12,13);2*1H. The number of hydrogen-bond acceptors (Lipinski definition) is 2. The van der Waals surface area contributed by atoms with Crippen molar-refractivity contribution in [2.75, 3.05) is 39.8 Å². The highest BCUT2D eigenvalue weighted by Crippen LogP contribution is 1.81. The number of rotatable bonds is 3. The maximum Gasteiger partial charge on any atom is 0.368 e. The van der Waals surface area contributed by atoms with Crippen molar-refractivity contribution in [2.24, 2.45) is 0 Å². The van der Waals surface area contributed by atoms with Gasteiger partial charge in [0, 0.05) is 13.1 Å². The Bertz CT molecular complexity index is 187. The van der Waals surface area contributed by atoms with E-state index in [4.69, 9.17) is 5.11 Å². The molecule has 0 aromatic carbocycles. The minimum atomic E-state index is -0.786. The monoisotopic (exact) mass is 259 g/mol. The van der Waals surface area contributed by atoms with Gasteiger partial charge in [-0.15, -0.1) is 0 Å². The van der Waals surface area contributed by atoms with E-state index in [-0.39, 0.29) is 24.8 Å². The lowest BCUT2D eigenvalue weighted by molar-refractivity contribution is -0.912. The number of carboxylic acid groups (broad SMARTS) is 1. The Balaban J connectivity index is 0. The molecule has 0 spiro atoms. The highest BCUT2D eigenvalue weighted by Gasteiger charge is 2.25. The van der Waals surface area contributed by atoms with Gasteiger partial charge in [-0.1, -0.05) is 0 Å². The van der Waals surface area contributed by atoms with Gasteiger partial charge in [-0.05, 0) is 7.05 Å². The molecule has 0 bridgehead atoms. The second-order valence-corrected chi connectivity index (χ2v) is 3.79. The summed E-state index contributed by atoms with van der Waals surface area (Å²) in [6, 6.07) is -0.460. The number of carbonyl (C=O) groups is 1. The lowest BCUT2D eigenvalue weighted by atomic mass is 10.2. The molecule has 1 aliphatic rings. The van der Waals surface area contributed by atoms with E-state index in [9.17, 15) is 4.79 Å². The minimum Gasteiger partial charge on any atom is -1.00 e.